The van der Waals surface area contributed by atoms with Gasteiger partial charge in [0.25, 0.3) is 0 Å². The van der Waals surface area contributed by atoms with Crippen LogP contribution in [-0.2, 0) is 9.53 Å². The highest BCUT2D eigenvalue weighted by molar-refractivity contribution is 6.32. The van der Waals surface area contributed by atoms with Crippen LogP contribution in [0, 0.1) is 5.92 Å². The summed E-state index contributed by atoms with van der Waals surface area (Å²) in [4.78, 5) is 11.2. The van der Waals surface area contributed by atoms with Crippen molar-refractivity contribution in [1.29, 1.82) is 0 Å². The predicted molar refractivity (Wildman–Crippen MR) is 56.0 cm³/mol. The quantitative estimate of drug-likeness (QED) is 0.788. The zero-order chi connectivity index (χ0) is 11.0. The highest BCUT2D eigenvalue weighted by Crippen LogP contribution is 2.49. The number of phenolic OH excluding ortho intramolecular Hbond substituents is 1. The number of esters is 1. The summed E-state index contributed by atoms with van der Waals surface area (Å²) in [6, 6.07) is 5.03. The van der Waals surface area contributed by atoms with Crippen molar-refractivity contribution in [3.05, 3.63) is 28.8 Å². The van der Waals surface area contributed by atoms with Crippen LogP contribution in [0.1, 0.15) is 17.9 Å². The van der Waals surface area contributed by atoms with E-state index in [1.54, 1.807) is 18.2 Å². The second kappa shape index (κ2) is 3.74. The molecule has 1 aromatic carbocycles. The molecular weight excluding hydrogens is 216 g/mol. The fourth-order valence-electron chi connectivity index (χ4n) is 1.73. The van der Waals surface area contributed by atoms with Gasteiger partial charge in [-0.2, -0.15) is 0 Å². The number of carbonyl (C=O) groups is 1. The molecule has 0 bridgehead atoms. The average Bonchev–Trinajstić information content (AvgIpc) is 3.01. The van der Waals surface area contributed by atoms with Gasteiger partial charge in [0.2, 0.25) is 0 Å². The van der Waals surface area contributed by atoms with Gasteiger partial charge >= 0.3 is 5.97 Å². The number of hydrogen-bond donors (Lipinski definition) is 1. The Morgan fingerprint density at radius 1 is 1.60 bits per heavy atom. The molecule has 1 aliphatic rings. The largest absolute Gasteiger partial charge is 0.506 e. The van der Waals surface area contributed by atoms with Crippen molar-refractivity contribution >= 4 is 17.6 Å². The molecule has 0 amide bonds. The van der Waals surface area contributed by atoms with Gasteiger partial charge in [0.1, 0.15) is 5.75 Å². The molecule has 0 spiro atoms. The van der Waals surface area contributed by atoms with Gasteiger partial charge in [-0.15, -0.1) is 0 Å². The Morgan fingerprint density at radius 3 is 2.93 bits per heavy atom. The third kappa shape index (κ3) is 1.92. The van der Waals surface area contributed by atoms with Crippen molar-refractivity contribution in [2.75, 3.05) is 7.11 Å². The Balaban J connectivity index is 2.13. The summed E-state index contributed by atoms with van der Waals surface area (Å²) in [7, 11) is 1.39. The van der Waals surface area contributed by atoms with Crippen molar-refractivity contribution < 1.29 is 14.6 Å². The van der Waals surface area contributed by atoms with Crippen LogP contribution in [0.4, 0.5) is 0 Å². The Morgan fingerprint density at radius 2 is 2.33 bits per heavy atom. The van der Waals surface area contributed by atoms with Crippen molar-refractivity contribution in [3.63, 3.8) is 0 Å². The summed E-state index contributed by atoms with van der Waals surface area (Å²) in [6.45, 7) is 0. The number of halogens is 1. The van der Waals surface area contributed by atoms with Crippen LogP contribution >= 0.6 is 11.6 Å². The molecule has 2 unspecified atom stereocenters. The highest BCUT2D eigenvalue weighted by atomic mass is 35.5. The van der Waals surface area contributed by atoms with E-state index in [2.05, 4.69) is 4.74 Å². The van der Waals surface area contributed by atoms with Gasteiger partial charge in [-0.1, -0.05) is 17.7 Å². The normalized spacial score (nSPS) is 23.6. The van der Waals surface area contributed by atoms with Crippen molar-refractivity contribution in [1.82, 2.24) is 0 Å². The van der Waals surface area contributed by atoms with E-state index in [0.717, 1.165) is 12.0 Å². The van der Waals surface area contributed by atoms with Gasteiger partial charge in [0.15, 0.2) is 0 Å². The first-order valence-electron chi connectivity index (χ1n) is 4.69. The monoisotopic (exact) mass is 226 g/mol. The minimum atomic E-state index is -0.177. The third-order valence-electron chi connectivity index (χ3n) is 2.69. The number of rotatable bonds is 2. The van der Waals surface area contributed by atoms with E-state index in [1.807, 2.05) is 0 Å². The summed E-state index contributed by atoms with van der Waals surface area (Å²) in [6.07, 6.45) is 0.799. The molecule has 2 rings (SSSR count). The van der Waals surface area contributed by atoms with Crippen LogP contribution in [0.2, 0.25) is 5.02 Å². The molecule has 0 heterocycles. The number of aromatic hydroxyl groups is 1. The molecule has 4 heteroatoms. The molecule has 3 nitrogen and oxygen atoms in total. The van der Waals surface area contributed by atoms with Crippen molar-refractivity contribution in [2.24, 2.45) is 5.92 Å². The summed E-state index contributed by atoms with van der Waals surface area (Å²) in [5.74, 6) is 0.0334. The molecule has 0 aromatic heterocycles. The zero-order valence-electron chi connectivity index (χ0n) is 8.24. The maximum Gasteiger partial charge on any atom is 0.309 e. The van der Waals surface area contributed by atoms with Crippen LogP contribution in [-0.4, -0.2) is 18.2 Å². The molecule has 0 saturated heterocycles. The fraction of sp³-hybridized carbons (Fsp3) is 0.364. The van der Waals surface area contributed by atoms with E-state index in [1.165, 1.54) is 7.11 Å². The van der Waals surface area contributed by atoms with E-state index in [4.69, 9.17) is 11.6 Å². The minimum absolute atomic E-state index is 0.0457. The SMILES string of the molecule is COC(=O)C1CC1c1ccc(O)c(Cl)c1. The molecule has 2 atom stereocenters. The first-order valence-corrected chi connectivity index (χ1v) is 5.07. The van der Waals surface area contributed by atoms with Crippen LogP contribution < -0.4 is 0 Å². The lowest BCUT2D eigenvalue weighted by atomic mass is 10.1. The van der Waals surface area contributed by atoms with Gasteiger partial charge in [-0.3, -0.25) is 4.79 Å². The number of carbonyl (C=O) groups excluding carboxylic acids is 1. The minimum Gasteiger partial charge on any atom is -0.506 e. The van der Waals surface area contributed by atoms with Gasteiger partial charge < -0.3 is 9.84 Å². The maximum atomic E-state index is 11.2. The van der Waals surface area contributed by atoms with Crippen LogP contribution in [0.3, 0.4) is 0 Å². The first-order chi connectivity index (χ1) is 7.13. The molecular formula is C11H11ClO3. The van der Waals surface area contributed by atoms with E-state index in [-0.39, 0.29) is 23.6 Å². The highest BCUT2D eigenvalue weighted by Gasteiger charge is 2.44. The second-order valence-electron chi connectivity index (χ2n) is 3.68. The van der Waals surface area contributed by atoms with Gasteiger partial charge in [0, 0.05) is 0 Å². The lowest BCUT2D eigenvalue weighted by molar-refractivity contribution is -0.142. The third-order valence-corrected chi connectivity index (χ3v) is 3.00. The first kappa shape index (κ1) is 10.3. The summed E-state index contributed by atoms with van der Waals surface area (Å²) >= 11 is 5.78. The standard InChI is InChI=1S/C11H11ClO3/c1-15-11(14)8-5-7(8)6-2-3-10(13)9(12)4-6/h2-4,7-8,13H,5H2,1H3. The molecule has 1 aromatic rings. The van der Waals surface area contributed by atoms with E-state index >= 15 is 0 Å². The fourth-order valence-corrected chi connectivity index (χ4v) is 1.92. The second-order valence-corrected chi connectivity index (χ2v) is 4.09. The van der Waals surface area contributed by atoms with Gasteiger partial charge in [0.05, 0.1) is 18.1 Å². The molecule has 1 N–H and O–H groups in total. The molecule has 1 saturated carbocycles. The van der Waals surface area contributed by atoms with Gasteiger partial charge in [-0.05, 0) is 30.0 Å². The topological polar surface area (TPSA) is 46.5 Å². The number of benzene rings is 1. The lowest BCUT2D eigenvalue weighted by Crippen LogP contribution is -2.03. The predicted octanol–water partition coefficient (Wildman–Crippen LogP) is 2.32. The average molecular weight is 227 g/mol. The number of ether oxygens (including phenoxy) is 1. The van der Waals surface area contributed by atoms with Crippen LogP contribution in [0.5, 0.6) is 5.75 Å². The van der Waals surface area contributed by atoms with E-state index < -0.39 is 0 Å². The van der Waals surface area contributed by atoms with E-state index in [9.17, 15) is 9.90 Å². The van der Waals surface area contributed by atoms with Crippen LogP contribution in [0.25, 0.3) is 0 Å². The summed E-state index contributed by atoms with van der Waals surface area (Å²) in [5, 5.41) is 9.57. The Bertz CT molecular complexity index is 403. The number of methoxy groups -OCH3 is 1. The van der Waals surface area contributed by atoms with Gasteiger partial charge in [-0.25, -0.2) is 0 Å². The zero-order valence-corrected chi connectivity index (χ0v) is 8.99. The molecule has 80 valence electrons. The van der Waals surface area contributed by atoms with E-state index in [0.29, 0.717) is 5.02 Å². The Hall–Kier alpha value is -1.22. The Kier molecular flexibility index (Phi) is 2.57. The number of phenols is 1. The molecule has 0 radical (unpaired) electrons. The lowest BCUT2D eigenvalue weighted by Gasteiger charge is -2.02. The maximum absolute atomic E-state index is 11.2. The van der Waals surface area contributed by atoms with Crippen LogP contribution in [0.15, 0.2) is 18.2 Å². The molecule has 15 heavy (non-hydrogen) atoms. The smallest absolute Gasteiger partial charge is 0.309 e. The summed E-state index contributed by atoms with van der Waals surface area (Å²) in [5.41, 5.74) is 0.980. The Labute approximate surface area is 92.6 Å². The molecule has 1 aliphatic carbocycles. The molecule has 0 aliphatic heterocycles. The molecule has 1 fully saturated rings. The number of hydrogen-bond acceptors (Lipinski definition) is 3. The van der Waals surface area contributed by atoms with Crippen molar-refractivity contribution in [2.45, 2.75) is 12.3 Å². The van der Waals surface area contributed by atoms with Crippen molar-refractivity contribution in [3.8, 4) is 5.75 Å². The summed E-state index contributed by atoms with van der Waals surface area (Å²) < 4.78 is 4.66.